The highest BCUT2D eigenvalue weighted by Crippen LogP contribution is 2.29. The quantitative estimate of drug-likeness (QED) is 0.716. The number of aryl methyl sites for hydroxylation is 1. The lowest BCUT2D eigenvalue weighted by molar-refractivity contribution is -0.126. The van der Waals surface area contributed by atoms with Gasteiger partial charge < -0.3 is 5.32 Å². The summed E-state index contributed by atoms with van der Waals surface area (Å²) < 4.78 is 2.34. The first-order valence-electron chi connectivity index (χ1n) is 8.79. The predicted molar refractivity (Wildman–Crippen MR) is 110 cm³/mol. The summed E-state index contributed by atoms with van der Waals surface area (Å²) in [6.45, 7) is 4.39. The number of anilines is 1. The number of hydrogen-bond acceptors (Lipinski definition) is 6. The lowest BCUT2D eigenvalue weighted by Crippen LogP contribution is -2.32. The fraction of sp³-hybridized carbons (Fsp3) is 0.389. The number of rotatable bonds is 7. The van der Waals surface area contributed by atoms with Gasteiger partial charge in [0.1, 0.15) is 4.32 Å². The Morgan fingerprint density at radius 2 is 2.07 bits per heavy atom. The predicted octanol–water partition coefficient (Wildman–Crippen LogP) is 2.93. The van der Waals surface area contributed by atoms with Gasteiger partial charge in [0, 0.05) is 18.7 Å². The van der Waals surface area contributed by atoms with Gasteiger partial charge in [-0.15, -0.1) is 5.10 Å². The van der Waals surface area contributed by atoms with Crippen molar-refractivity contribution in [3.8, 4) is 5.69 Å². The van der Waals surface area contributed by atoms with Crippen LogP contribution in [0.1, 0.15) is 31.9 Å². The van der Waals surface area contributed by atoms with Crippen molar-refractivity contribution in [2.24, 2.45) is 0 Å². The average Bonchev–Trinajstić information content (AvgIpc) is 3.20. The molecule has 2 amide bonds. The summed E-state index contributed by atoms with van der Waals surface area (Å²) >= 11 is 6.70. The number of thioether (sulfide) groups is 1. The second-order valence-electron chi connectivity index (χ2n) is 6.26. The zero-order chi connectivity index (χ0) is 19.4. The Balaban J connectivity index is 1.48. The van der Waals surface area contributed by atoms with Crippen LogP contribution in [0.4, 0.5) is 5.69 Å². The molecule has 27 heavy (non-hydrogen) atoms. The molecule has 1 aliphatic heterocycles. The van der Waals surface area contributed by atoms with Crippen LogP contribution < -0.4 is 5.32 Å². The molecule has 7 nitrogen and oxygen atoms in total. The number of carbonyl (C=O) groups excluding carboxylic acids is 2. The van der Waals surface area contributed by atoms with Crippen molar-refractivity contribution in [3.63, 3.8) is 0 Å². The van der Waals surface area contributed by atoms with E-state index < -0.39 is 0 Å². The van der Waals surface area contributed by atoms with E-state index in [4.69, 9.17) is 12.2 Å². The molecule has 1 aromatic heterocycles. The van der Waals surface area contributed by atoms with Crippen LogP contribution in [-0.2, 0) is 9.59 Å². The third-order valence-electron chi connectivity index (χ3n) is 4.28. The molecule has 1 aliphatic rings. The highest BCUT2D eigenvalue weighted by atomic mass is 32.2. The monoisotopic (exact) mass is 403 g/mol. The summed E-state index contributed by atoms with van der Waals surface area (Å²) in [7, 11) is 0. The first-order chi connectivity index (χ1) is 13.0. The Hall–Kier alpha value is -2.26. The first kappa shape index (κ1) is 19.5. The molecule has 1 fully saturated rings. The average molecular weight is 404 g/mol. The fourth-order valence-corrected chi connectivity index (χ4v) is 4.28. The first-order valence-corrected chi connectivity index (χ1v) is 10.1. The van der Waals surface area contributed by atoms with Gasteiger partial charge in [-0.25, -0.2) is 4.68 Å². The summed E-state index contributed by atoms with van der Waals surface area (Å²) in [4.78, 5) is 26.0. The second kappa shape index (κ2) is 8.62. The Labute approximate surface area is 167 Å². The van der Waals surface area contributed by atoms with Crippen molar-refractivity contribution in [1.29, 1.82) is 0 Å². The summed E-state index contributed by atoms with van der Waals surface area (Å²) in [6.07, 6.45) is 3.36. The van der Waals surface area contributed by atoms with Gasteiger partial charge in [-0.3, -0.25) is 14.5 Å². The van der Waals surface area contributed by atoms with E-state index in [0.29, 0.717) is 23.7 Å². The fourth-order valence-electron chi connectivity index (χ4n) is 2.81. The van der Waals surface area contributed by atoms with E-state index in [1.165, 1.54) is 11.8 Å². The minimum absolute atomic E-state index is 0.0619. The molecule has 1 aromatic carbocycles. The summed E-state index contributed by atoms with van der Waals surface area (Å²) in [5.41, 5.74) is 2.53. The normalized spacial score (nSPS) is 16.8. The molecule has 3 rings (SSSR count). The van der Waals surface area contributed by atoms with E-state index in [1.54, 1.807) is 15.8 Å². The maximum absolute atomic E-state index is 12.2. The molecule has 2 heterocycles. The van der Waals surface area contributed by atoms with E-state index in [0.717, 1.165) is 23.5 Å². The standard InChI is InChI=1S/C18H21N5O2S2/c1-3-15-17(25)22(18(26)27-15)10-4-5-16(24)20-13-6-8-14(9-7-13)23-12(2)11-19-21-23/h6-9,11,15H,3-5,10H2,1-2H3,(H,20,24). The van der Waals surface area contributed by atoms with Crippen molar-refractivity contribution >= 4 is 45.8 Å². The van der Waals surface area contributed by atoms with Gasteiger partial charge in [-0.05, 0) is 44.0 Å². The van der Waals surface area contributed by atoms with E-state index in [9.17, 15) is 9.59 Å². The number of nitrogens with zero attached hydrogens (tertiary/aromatic N) is 4. The molecule has 1 N–H and O–H groups in total. The van der Waals surface area contributed by atoms with Crippen LogP contribution in [0.25, 0.3) is 5.69 Å². The second-order valence-corrected chi connectivity index (χ2v) is 8.09. The summed E-state index contributed by atoms with van der Waals surface area (Å²) in [5.74, 6) is -0.0242. The van der Waals surface area contributed by atoms with Crippen LogP contribution >= 0.6 is 24.0 Å². The van der Waals surface area contributed by atoms with Crippen LogP contribution in [0.15, 0.2) is 30.5 Å². The van der Waals surface area contributed by atoms with E-state index >= 15 is 0 Å². The largest absolute Gasteiger partial charge is 0.326 e. The third-order valence-corrected chi connectivity index (χ3v) is 6.03. The number of amides is 2. The van der Waals surface area contributed by atoms with Gasteiger partial charge in [-0.1, -0.05) is 36.1 Å². The smallest absolute Gasteiger partial charge is 0.241 e. The van der Waals surface area contributed by atoms with E-state index in [2.05, 4.69) is 15.6 Å². The summed E-state index contributed by atoms with van der Waals surface area (Å²) in [5, 5.41) is 10.7. The molecule has 0 spiro atoms. The van der Waals surface area contributed by atoms with Gasteiger partial charge in [0.25, 0.3) is 0 Å². The lowest BCUT2D eigenvalue weighted by atomic mass is 10.2. The van der Waals surface area contributed by atoms with Crippen molar-refractivity contribution in [1.82, 2.24) is 19.9 Å². The maximum atomic E-state index is 12.2. The minimum Gasteiger partial charge on any atom is -0.326 e. The highest BCUT2D eigenvalue weighted by molar-refractivity contribution is 8.24. The molecular formula is C18H21N5O2S2. The van der Waals surface area contributed by atoms with Crippen LogP contribution in [0, 0.1) is 6.92 Å². The zero-order valence-electron chi connectivity index (χ0n) is 15.2. The van der Waals surface area contributed by atoms with Gasteiger partial charge in [-0.2, -0.15) is 0 Å². The Bertz CT molecular complexity index is 850. The molecule has 142 valence electrons. The molecule has 0 saturated carbocycles. The minimum atomic E-state index is -0.0862. The molecule has 0 bridgehead atoms. The van der Waals surface area contributed by atoms with Crippen LogP contribution in [0.5, 0.6) is 0 Å². The van der Waals surface area contributed by atoms with Crippen molar-refractivity contribution in [2.75, 3.05) is 11.9 Å². The lowest BCUT2D eigenvalue weighted by Gasteiger charge is -2.15. The van der Waals surface area contributed by atoms with Gasteiger partial charge in [0.2, 0.25) is 11.8 Å². The van der Waals surface area contributed by atoms with Gasteiger partial charge >= 0.3 is 0 Å². The van der Waals surface area contributed by atoms with E-state index in [1.807, 2.05) is 38.1 Å². The van der Waals surface area contributed by atoms with Gasteiger partial charge in [0.15, 0.2) is 0 Å². The van der Waals surface area contributed by atoms with Gasteiger partial charge in [0.05, 0.1) is 22.8 Å². The van der Waals surface area contributed by atoms with Crippen molar-refractivity contribution in [2.45, 2.75) is 38.4 Å². The number of thiocarbonyl (C=S) groups is 1. The number of carbonyl (C=O) groups is 2. The molecule has 9 heteroatoms. The SMILES string of the molecule is CCC1SC(=S)N(CCCC(=O)Nc2ccc(-n3nncc3C)cc2)C1=O. The number of benzene rings is 1. The van der Waals surface area contributed by atoms with E-state index in [-0.39, 0.29) is 17.1 Å². The highest BCUT2D eigenvalue weighted by Gasteiger charge is 2.35. The Kier molecular flexibility index (Phi) is 6.22. The number of hydrogen-bond donors (Lipinski definition) is 1. The van der Waals surface area contributed by atoms with Crippen molar-refractivity contribution in [3.05, 3.63) is 36.2 Å². The molecule has 1 saturated heterocycles. The van der Waals surface area contributed by atoms with Crippen LogP contribution in [0.2, 0.25) is 0 Å². The Morgan fingerprint density at radius 1 is 1.33 bits per heavy atom. The molecule has 1 atom stereocenters. The summed E-state index contributed by atoms with van der Waals surface area (Å²) in [6, 6.07) is 7.41. The zero-order valence-corrected chi connectivity index (χ0v) is 16.8. The number of aromatic nitrogens is 3. The Morgan fingerprint density at radius 3 is 2.67 bits per heavy atom. The van der Waals surface area contributed by atoms with Crippen molar-refractivity contribution < 1.29 is 9.59 Å². The maximum Gasteiger partial charge on any atom is 0.241 e. The molecule has 0 aliphatic carbocycles. The molecule has 1 unspecified atom stereocenters. The molecule has 0 radical (unpaired) electrons. The van der Waals surface area contributed by atoms with Crippen LogP contribution in [0.3, 0.4) is 0 Å². The third kappa shape index (κ3) is 4.54. The molecule has 2 aromatic rings. The van der Waals surface area contributed by atoms with Crippen LogP contribution in [-0.4, -0.2) is 47.8 Å². The number of nitrogens with one attached hydrogen (secondary N) is 1. The molecular weight excluding hydrogens is 382 g/mol. The topological polar surface area (TPSA) is 80.1 Å².